The second kappa shape index (κ2) is 7.96. The zero-order chi connectivity index (χ0) is 11.6. The first-order valence-electron chi connectivity index (χ1n) is 5.07. The standard InChI is InChI=1S/C12H15NO2S/c14-12(15)7-4-8-13-9-10-16-11-5-2-1-3-6-11/h1-7,13H,8-10H2,(H,14,15)/b7-4+. The third-order valence-corrected chi connectivity index (χ3v) is 2.83. The van der Waals surface area contributed by atoms with Crippen molar-refractivity contribution in [1.29, 1.82) is 0 Å². The molecule has 0 spiro atoms. The topological polar surface area (TPSA) is 49.3 Å². The minimum Gasteiger partial charge on any atom is -0.478 e. The van der Waals surface area contributed by atoms with Crippen molar-refractivity contribution < 1.29 is 9.90 Å². The molecule has 86 valence electrons. The first kappa shape index (κ1) is 12.8. The number of carbonyl (C=O) groups is 1. The molecular formula is C12H15NO2S. The summed E-state index contributed by atoms with van der Waals surface area (Å²) < 4.78 is 0. The van der Waals surface area contributed by atoms with Crippen molar-refractivity contribution in [2.24, 2.45) is 0 Å². The van der Waals surface area contributed by atoms with E-state index in [4.69, 9.17) is 5.11 Å². The van der Waals surface area contributed by atoms with Gasteiger partial charge >= 0.3 is 5.97 Å². The highest BCUT2D eigenvalue weighted by Crippen LogP contribution is 2.15. The minimum atomic E-state index is -0.902. The quantitative estimate of drug-likeness (QED) is 0.433. The number of rotatable bonds is 7. The molecule has 1 aromatic carbocycles. The van der Waals surface area contributed by atoms with E-state index in [9.17, 15) is 4.79 Å². The Morgan fingerprint density at radius 2 is 2.12 bits per heavy atom. The molecule has 1 rings (SSSR count). The first-order valence-corrected chi connectivity index (χ1v) is 6.05. The zero-order valence-corrected chi connectivity index (χ0v) is 9.74. The summed E-state index contributed by atoms with van der Waals surface area (Å²) in [5, 5.41) is 11.5. The van der Waals surface area contributed by atoms with Gasteiger partial charge in [-0.25, -0.2) is 4.79 Å². The highest BCUT2D eigenvalue weighted by molar-refractivity contribution is 7.99. The van der Waals surface area contributed by atoms with E-state index in [-0.39, 0.29) is 0 Å². The summed E-state index contributed by atoms with van der Waals surface area (Å²) >= 11 is 1.78. The monoisotopic (exact) mass is 237 g/mol. The summed E-state index contributed by atoms with van der Waals surface area (Å²) in [7, 11) is 0. The van der Waals surface area contributed by atoms with Crippen LogP contribution in [0.5, 0.6) is 0 Å². The van der Waals surface area contributed by atoms with Gasteiger partial charge < -0.3 is 10.4 Å². The van der Waals surface area contributed by atoms with E-state index >= 15 is 0 Å². The molecule has 3 nitrogen and oxygen atoms in total. The van der Waals surface area contributed by atoms with Crippen LogP contribution in [0.2, 0.25) is 0 Å². The molecule has 2 N–H and O–H groups in total. The molecule has 0 heterocycles. The van der Waals surface area contributed by atoms with Crippen LogP contribution in [0.25, 0.3) is 0 Å². The number of hydrogen-bond acceptors (Lipinski definition) is 3. The first-order chi connectivity index (χ1) is 7.79. The molecule has 0 saturated carbocycles. The van der Waals surface area contributed by atoms with E-state index in [0.717, 1.165) is 18.4 Å². The van der Waals surface area contributed by atoms with Crippen molar-refractivity contribution in [2.75, 3.05) is 18.8 Å². The van der Waals surface area contributed by atoms with Crippen molar-refractivity contribution in [2.45, 2.75) is 4.90 Å². The number of carboxylic acid groups (broad SMARTS) is 1. The van der Waals surface area contributed by atoms with Gasteiger partial charge in [0.05, 0.1) is 0 Å². The van der Waals surface area contributed by atoms with Gasteiger partial charge in [0.25, 0.3) is 0 Å². The molecule has 0 bridgehead atoms. The van der Waals surface area contributed by atoms with Gasteiger partial charge in [-0.3, -0.25) is 0 Å². The van der Waals surface area contributed by atoms with Crippen LogP contribution in [0.15, 0.2) is 47.4 Å². The van der Waals surface area contributed by atoms with E-state index in [0.29, 0.717) is 6.54 Å². The van der Waals surface area contributed by atoms with Crippen LogP contribution in [-0.4, -0.2) is 29.9 Å². The second-order valence-corrected chi connectivity index (χ2v) is 4.27. The summed E-state index contributed by atoms with van der Waals surface area (Å²) in [5.74, 6) is 0.0748. The highest BCUT2D eigenvalue weighted by Gasteiger charge is 1.91. The highest BCUT2D eigenvalue weighted by atomic mass is 32.2. The van der Waals surface area contributed by atoms with Crippen molar-refractivity contribution in [3.05, 3.63) is 42.5 Å². The fourth-order valence-corrected chi connectivity index (χ4v) is 1.93. The Kier molecular flexibility index (Phi) is 6.37. The molecule has 4 heteroatoms. The number of carboxylic acids is 1. The normalized spacial score (nSPS) is 10.8. The molecule has 0 saturated heterocycles. The predicted octanol–water partition coefficient (Wildman–Crippen LogP) is 2.01. The van der Waals surface area contributed by atoms with Crippen LogP contribution < -0.4 is 5.32 Å². The molecule has 0 aliphatic carbocycles. The average Bonchev–Trinajstić information content (AvgIpc) is 2.29. The van der Waals surface area contributed by atoms with Crippen molar-refractivity contribution >= 4 is 17.7 Å². The second-order valence-electron chi connectivity index (χ2n) is 3.11. The third-order valence-electron chi connectivity index (χ3n) is 1.81. The van der Waals surface area contributed by atoms with Crippen LogP contribution in [0, 0.1) is 0 Å². The molecular weight excluding hydrogens is 222 g/mol. The molecule has 16 heavy (non-hydrogen) atoms. The Balaban J connectivity index is 2.02. The molecule has 1 aromatic rings. The fraction of sp³-hybridized carbons (Fsp3) is 0.250. The van der Waals surface area contributed by atoms with Crippen molar-refractivity contribution in [1.82, 2.24) is 5.32 Å². The lowest BCUT2D eigenvalue weighted by molar-refractivity contribution is -0.131. The lowest BCUT2D eigenvalue weighted by Crippen LogP contribution is -2.17. The number of aliphatic carboxylic acids is 1. The molecule has 0 unspecified atom stereocenters. The van der Waals surface area contributed by atoms with Gasteiger partial charge in [0, 0.05) is 29.8 Å². The van der Waals surface area contributed by atoms with E-state index < -0.39 is 5.97 Å². The summed E-state index contributed by atoms with van der Waals surface area (Å²) in [4.78, 5) is 11.4. The predicted molar refractivity (Wildman–Crippen MR) is 66.8 cm³/mol. The van der Waals surface area contributed by atoms with Crippen LogP contribution in [0.1, 0.15) is 0 Å². The van der Waals surface area contributed by atoms with Crippen LogP contribution in [0.3, 0.4) is 0 Å². The van der Waals surface area contributed by atoms with Crippen LogP contribution in [-0.2, 0) is 4.79 Å². The lowest BCUT2D eigenvalue weighted by Gasteiger charge is -2.01. The maximum atomic E-state index is 10.2. The molecule has 0 aliphatic rings. The van der Waals surface area contributed by atoms with E-state index in [1.807, 2.05) is 18.2 Å². The minimum absolute atomic E-state index is 0.599. The van der Waals surface area contributed by atoms with Crippen LogP contribution in [0.4, 0.5) is 0 Å². The number of thioether (sulfide) groups is 1. The van der Waals surface area contributed by atoms with Gasteiger partial charge in [0.1, 0.15) is 0 Å². The summed E-state index contributed by atoms with van der Waals surface area (Å²) in [6, 6.07) is 10.2. The van der Waals surface area contributed by atoms with Crippen molar-refractivity contribution in [3.8, 4) is 0 Å². The van der Waals surface area contributed by atoms with E-state index in [1.165, 1.54) is 4.90 Å². The number of nitrogens with one attached hydrogen (secondary N) is 1. The number of hydrogen-bond donors (Lipinski definition) is 2. The SMILES string of the molecule is O=C(O)/C=C/CNCCSc1ccccc1. The average molecular weight is 237 g/mol. The van der Waals surface area contributed by atoms with Crippen LogP contribution >= 0.6 is 11.8 Å². The largest absolute Gasteiger partial charge is 0.478 e. The summed E-state index contributed by atoms with van der Waals surface area (Å²) in [6.07, 6.45) is 2.76. The molecule has 0 fully saturated rings. The van der Waals surface area contributed by atoms with Gasteiger partial charge in [0.15, 0.2) is 0 Å². The molecule has 0 amide bonds. The maximum Gasteiger partial charge on any atom is 0.328 e. The third kappa shape index (κ3) is 6.27. The Morgan fingerprint density at radius 3 is 2.81 bits per heavy atom. The van der Waals surface area contributed by atoms with E-state index in [2.05, 4.69) is 17.4 Å². The lowest BCUT2D eigenvalue weighted by atomic mass is 10.4. The number of benzene rings is 1. The van der Waals surface area contributed by atoms with Gasteiger partial charge in [0.2, 0.25) is 0 Å². The Hall–Kier alpha value is -1.26. The Labute approximate surface area is 99.6 Å². The summed E-state index contributed by atoms with van der Waals surface area (Å²) in [6.45, 7) is 1.46. The van der Waals surface area contributed by atoms with Gasteiger partial charge in [-0.2, -0.15) is 0 Å². The molecule has 0 aromatic heterocycles. The van der Waals surface area contributed by atoms with E-state index in [1.54, 1.807) is 17.8 Å². The Morgan fingerprint density at radius 1 is 1.38 bits per heavy atom. The zero-order valence-electron chi connectivity index (χ0n) is 8.93. The van der Waals surface area contributed by atoms with Gasteiger partial charge in [-0.1, -0.05) is 24.3 Å². The van der Waals surface area contributed by atoms with Crippen molar-refractivity contribution in [3.63, 3.8) is 0 Å². The Bertz CT molecular complexity index is 338. The molecule has 0 radical (unpaired) electrons. The fourth-order valence-electron chi connectivity index (χ4n) is 1.10. The smallest absolute Gasteiger partial charge is 0.328 e. The maximum absolute atomic E-state index is 10.2. The molecule has 0 atom stereocenters. The summed E-state index contributed by atoms with van der Waals surface area (Å²) in [5.41, 5.74) is 0. The van der Waals surface area contributed by atoms with Gasteiger partial charge in [-0.15, -0.1) is 11.8 Å². The molecule has 0 aliphatic heterocycles. The van der Waals surface area contributed by atoms with Gasteiger partial charge in [-0.05, 0) is 12.1 Å².